The number of nitrogens with one attached hydrogen (secondary N) is 1. The van der Waals surface area contributed by atoms with Crippen LogP contribution in [0, 0.1) is 0 Å². The third-order valence-corrected chi connectivity index (χ3v) is 5.30. The van der Waals surface area contributed by atoms with Crippen molar-refractivity contribution in [2.45, 2.75) is 12.8 Å². The number of morpholine rings is 1. The number of halogens is 3. The van der Waals surface area contributed by atoms with Crippen LogP contribution in [0.1, 0.15) is 16.1 Å². The van der Waals surface area contributed by atoms with E-state index in [2.05, 4.69) is 25.0 Å². The molecule has 1 amide bonds. The third-order valence-electron chi connectivity index (χ3n) is 5.30. The lowest BCUT2D eigenvalue weighted by Crippen LogP contribution is -2.41. The Morgan fingerprint density at radius 3 is 2.47 bits per heavy atom. The lowest BCUT2D eigenvalue weighted by Gasteiger charge is -2.26. The Labute approximate surface area is 204 Å². The smallest absolute Gasteiger partial charge is 0.404 e. The van der Waals surface area contributed by atoms with Crippen molar-refractivity contribution in [2.75, 3.05) is 38.2 Å². The van der Waals surface area contributed by atoms with Gasteiger partial charge in [0.1, 0.15) is 0 Å². The Hall–Kier alpha value is -3.90. The van der Waals surface area contributed by atoms with Gasteiger partial charge in [0.15, 0.2) is 11.5 Å². The van der Waals surface area contributed by atoms with E-state index in [9.17, 15) is 22.8 Å². The maximum absolute atomic E-state index is 12.9. The monoisotopic (exact) mass is 501 g/mol. The number of hydrogen-bond acceptors (Lipinski definition) is 8. The van der Waals surface area contributed by atoms with Gasteiger partial charge in [-0.2, -0.15) is 0 Å². The van der Waals surface area contributed by atoms with E-state index in [1.54, 1.807) is 24.5 Å². The molecule has 0 aliphatic carbocycles. The highest BCUT2D eigenvalue weighted by Gasteiger charge is 2.32. The molecular weight excluding hydrogens is 479 g/mol. The normalized spacial score (nSPS) is 14.3. The Morgan fingerprint density at radius 2 is 1.81 bits per heavy atom. The summed E-state index contributed by atoms with van der Waals surface area (Å²) in [5.41, 5.74) is 1.63. The highest BCUT2D eigenvalue weighted by Crippen LogP contribution is 2.31. The van der Waals surface area contributed by atoms with Crippen molar-refractivity contribution in [2.24, 2.45) is 0 Å². The van der Waals surface area contributed by atoms with Gasteiger partial charge in [-0.25, -0.2) is 0 Å². The minimum atomic E-state index is -4.97. The summed E-state index contributed by atoms with van der Waals surface area (Å²) in [6, 6.07) is 6.92. The Balaban J connectivity index is 1.48. The summed E-state index contributed by atoms with van der Waals surface area (Å²) in [6.45, 7) is 1.95. The van der Waals surface area contributed by atoms with Gasteiger partial charge in [-0.3, -0.25) is 29.4 Å². The second kappa shape index (κ2) is 11.2. The van der Waals surface area contributed by atoms with Crippen molar-refractivity contribution in [3.8, 4) is 17.0 Å². The zero-order valence-corrected chi connectivity index (χ0v) is 19.0. The third kappa shape index (κ3) is 7.06. The molecule has 1 fully saturated rings. The number of alkyl halides is 3. The van der Waals surface area contributed by atoms with Crippen molar-refractivity contribution in [3.05, 3.63) is 66.4 Å². The molecule has 1 aliphatic rings. The van der Waals surface area contributed by atoms with Gasteiger partial charge in [0.2, 0.25) is 5.91 Å². The molecule has 9 nitrogen and oxygen atoms in total. The second-order valence-electron chi connectivity index (χ2n) is 7.92. The lowest BCUT2D eigenvalue weighted by atomic mass is 10.1. The van der Waals surface area contributed by atoms with Crippen LogP contribution < -0.4 is 10.1 Å². The average molecular weight is 501 g/mol. The van der Waals surface area contributed by atoms with Crippen molar-refractivity contribution >= 4 is 17.4 Å². The zero-order valence-electron chi connectivity index (χ0n) is 19.0. The van der Waals surface area contributed by atoms with E-state index in [4.69, 9.17) is 4.74 Å². The molecule has 0 atom stereocenters. The standard InChI is InChI=1S/C24H22F3N5O4/c25-24(26,27)36-22-2-1-17(11-19(22)31-23(34)15-32-7-9-35-10-8-32)21(33)12-18-13-30-20(14-29-18)16-3-5-28-6-4-16/h1-6,11,13-14H,7-10,12,15H2,(H,31,34). The van der Waals surface area contributed by atoms with Crippen LogP contribution in [0.25, 0.3) is 11.3 Å². The highest BCUT2D eigenvalue weighted by atomic mass is 19.4. The topological polar surface area (TPSA) is 107 Å². The molecule has 188 valence electrons. The first-order chi connectivity index (χ1) is 17.3. The molecule has 2 aromatic heterocycles. The van der Waals surface area contributed by atoms with Crippen LogP contribution >= 0.6 is 0 Å². The first-order valence-electron chi connectivity index (χ1n) is 11.0. The molecule has 1 aromatic carbocycles. The fourth-order valence-corrected chi connectivity index (χ4v) is 3.55. The van der Waals surface area contributed by atoms with Crippen LogP contribution in [0.5, 0.6) is 5.75 Å². The molecule has 1 N–H and O–H groups in total. The van der Waals surface area contributed by atoms with Crippen LogP contribution in [-0.4, -0.2) is 70.8 Å². The molecule has 4 rings (SSSR count). The van der Waals surface area contributed by atoms with Crippen molar-refractivity contribution in [3.63, 3.8) is 0 Å². The quantitative estimate of drug-likeness (QED) is 0.470. The minimum absolute atomic E-state index is 0.0353. The summed E-state index contributed by atoms with van der Waals surface area (Å²) < 4.78 is 47.9. The van der Waals surface area contributed by atoms with Gasteiger partial charge < -0.3 is 14.8 Å². The number of benzene rings is 1. The van der Waals surface area contributed by atoms with E-state index in [1.165, 1.54) is 24.5 Å². The van der Waals surface area contributed by atoms with Crippen LogP contribution in [0.2, 0.25) is 0 Å². The minimum Gasteiger partial charge on any atom is -0.404 e. The summed E-state index contributed by atoms with van der Waals surface area (Å²) in [5.74, 6) is -1.56. The molecule has 36 heavy (non-hydrogen) atoms. The fourth-order valence-electron chi connectivity index (χ4n) is 3.55. The van der Waals surface area contributed by atoms with Crippen molar-refractivity contribution in [1.82, 2.24) is 19.9 Å². The second-order valence-corrected chi connectivity index (χ2v) is 7.92. The number of amides is 1. The van der Waals surface area contributed by atoms with Crippen LogP contribution in [-0.2, 0) is 16.0 Å². The largest absolute Gasteiger partial charge is 0.573 e. The van der Waals surface area contributed by atoms with Gasteiger partial charge in [0.25, 0.3) is 0 Å². The number of hydrogen-bond donors (Lipinski definition) is 1. The van der Waals surface area contributed by atoms with Crippen LogP contribution in [0.15, 0.2) is 55.1 Å². The fraction of sp³-hybridized carbons (Fsp3) is 0.292. The summed E-state index contributed by atoms with van der Waals surface area (Å²) in [5, 5.41) is 2.43. The number of pyridine rings is 1. The van der Waals surface area contributed by atoms with E-state index in [0.29, 0.717) is 37.7 Å². The number of Topliss-reactive ketones (excluding diaryl/α,β-unsaturated/α-hetero) is 1. The number of carbonyl (C=O) groups excluding carboxylic acids is 2. The van der Waals surface area contributed by atoms with Crippen LogP contribution in [0.3, 0.4) is 0 Å². The maximum Gasteiger partial charge on any atom is 0.573 e. The first-order valence-corrected chi connectivity index (χ1v) is 11.0. The SMILES string of the molecule is O=C(CN1CCOCC1)Nc1cc(C(=O)Cc2cnc(-c3ccncc3)cn2)ccc1OC(F)(F)F. The summed E-state index contributed by atoms with van der Waals surface area (Å²) >= 11 is 0. The van der Waals surface area contributed by atoms with Gasteiger partial charge in [-0.1, -0.05) is 0 Å². The van der Waals surface area contributed by atoms with E-state index in [0.717, 1.165) is 11.6 Å². The number of anilines is 1. The number of aromatic nitrogens is 3. The molecule has 0 saturated carbocycles. The summed E-state index contributed by atoms with van der Waals surface area (Å²) in [6.07, 6.45) is 1.12. The molecule has 0 spiro atoms. The molecule has 0 radical (unpaired) electrons. The van der Waals surface area contributed by atoms with E-state index in [1.807, 2.05) is 4.90 Å². The van der Waals surface area contributed by atoms with Gasteiger partial charge in [0.05, 0.1) is 49.5 Å². The molecule has 1 aliphatic heterocycles. The van der Waals surface area contributed by atoms with E-state index >= 15 is 0 Å². The summed E-state index contributed by atoms with van der Waals surface area (Å²) in [4.78, 5) is 39.6. The Kier molecular flexibility index (Phi) is 7.86. The van der Waals surface area contributed by atoms with E-state index < -0.39 is 23.8 Å². The Morgan fingerprint density at radius 1 is 1.06 bits per heavy atom. The molecule has 1 saturated heterocycles. The molecule has 3 aromatic rings. The highest BCUT2D eigenvalue weighted by molar-refractivity contribution is 6.00. The first kappa shape index (κ1) is 25.2. The molecule has 0 unspecified atom stereocenters. The number of rotatable bonds is 8. The molecule has 12 heteroatoms. The predicted octanol–water partition coefficient (Wildman–Crippen LogP) is 3.13. The molecule has 3 heterocycles. The van der Waals surface area contributed by atoms with Gasteiger partial charge in [-0.05, 0) is 30.3 Å². The van der Waals surface area contributed by atoms with E-state index in [-0.39, 0.29) is 24.2 Å². The predicted molar refractivity (Wildman–Crippen MR) is 122 cm³/mol. The van der Waals surface area contributed by atoms with Crippen molar-refractivity contribution in [1.29, 1.82) is 0 Å². The zero-order chi connectivity index (χ0) is 25.5. The maximum atomic E-state index is 12.9. The number of carbonyl (C=O) groups is 2. The number of ketones is 1. The summed E-state index contributed by atoms with van der Waals surface area (Å²) in [7, 11) is 0. The molecular formula is C24H22F3N5O4. The van der Waals surface area contributed by atoms with Gasteiger partial charge >= 0.3 is 6.36 Å². The van der Waals surface area contributed by atoms with Crippen molar-refractivity contribution < 1.29 is 32.2 Å². The van der Waals surface area contributed by atoms with Crippen LogP contribution in [0.4, 0.5) is 18.9 Å². The average Bonchev–Trinajstić information content (AvgIpc) is 2.86. The molecule has 0 bridgehead atoms. The Bertz CT molecular complexity index is 1200. The number of ether oxygens (including phenoxy) is 2. The van der Waals surface area contributed by atoms with Gasteiger partial charge in [-0.15, -0.1) is 13.2 Å². The number of nitrogens with zero attached hydrogens (tertiary/aromatic N) is 4. The van der Waals surface area contributed by atoms with Gasteiger partial charge in [0, 0.05) is 42.8 Å². The lowest BCUT2D eigenvalue weighted by molar-refractivity contribution is -0.274.